The zero-order valence-corrected chi connectivity index (χ0v) is 11.7. The molecule has 17 heavy (non-hydrogen) atoms. The number of benzene rings is 2. The third-order valence-electron chi connectivity index (χ3n) is 2.07. The lowest BCUT2D eigenvalue weighted by molar-refractivity contribution is 0.480. The molecule has 0 aliphatic carbocycles. The summed E-state index contributed by atoms with van der Waals surface area (Å²) in [5, 5.41) is 1.03. The van der Waals surface area contributed by atoms with Crippen LogP contribution in [0.15, 0.2) is 40.9 Å². The average Bonchev–Trinajstić information content (AvgIpc) is 2.25. The van der Waals surface area contributed by atoms with Crippen molar-refractivity contribution < 1.29 is 4.74 Å². The van der Waals surface area contributed by atoms with Gasteiger partial charge in [-0.25, -0.2) is 0 Å². The average molecular weight is 333 g/mol. The molecule has 88 valence electrons. The van der Waals surface area contributed by atoms with Crippen molar-refractivity contribution >= 4 is 44.8 Å². The first kappa shape index (κ1) is 12.6. The second kappa shape index (κ2) is 5.17. The van der Waals surface area contributed by atoms with Crippen LogP contribution in [0.1, 0.15) is 0 Å². The molecule has 0 aliphatic rings. The Labute approximate surface area is 117 Å². The minimum Gasteiger partial charge on any atom is -0.455 e. The molecule has 2 aromatic carbocycles. The lowest BCUT2D eigenvalue weighted by atomic mass is 10.3. The van der Waals surface area contributed by atoms with Gasteiger partial charge >= 0.3 is 0 Å². The Morgan fingerprint density at radius 2 is 1.71 bits per heavy atom. The Morgan fingerprint density at radius 1 is 1.00 bits per heavy atom. The van der Waals surface area contributed by atoms with Crippen LogP contribution in [0.25, 0.3) is 0 Å². The van der Waals surface area contributed by atoms with Gasteiger partial charge in [-0.15, -0.1) is 0 Å². The predicted molar refractivity (Wildman–Crippen MR) is 75.1 cm³/mol. The SMILES string of the molecule is Nc1ccc(Oc2ccc(Cl)cc2Cl)c(Br)c1. The third-order valence-corrected chi connectivity index (χ3v) is 3.22. The predicted octanol–water partition coefficient (Wildman–Crippen LogP) is 5.13. The summed E-state index contributed by atoms with van der Waals surface area (Å²) in [4.78, 5) is 0. The fraction of sp³-hybridized carbons (Fsp3) is 0. The van der Waals surface area contributed by atoms with Gasteiger partial charge in [-0.2, -0.15) is 0 Å². The van der Waals surface area contributed by atoms with Gasteiger partial charge in [0.25, 0.3) is 0 Å². The van der Waals surface area contributed by atoms with E-state index in [1.165, 1.54) is 0 Å². The number of rotatable bonds is 2. The van der Waals surface area contributed by atoms with Crippen molar-refractivity contribution in [3.05, 3.63) is 50.9 Å². The number of hydrogen-bond acceptors (Lipinski definition) is 2. The fourth-order valence-corrected chi connectivity index (χ4v) is 2.20. The van der Waals surface area contributed by atoms with Crippen molar-refractivity contribution in [2.75, 3.05) is 5.73 Å². The zero-order valence-electron chi connectivity index (χ0n) is 8.58. The molecule has 5 heteroatoms. The molecular formula is C12H8BrCl2NO. The van der Waals surface area contributed by atoms with E-state index < -0.39 is 0 Å². The van der Waals surface area contributed by atoms with Gasteiger partial charge in [0.1, 0.15) is 11.5 Å². The maximum atomic E-state index is 6.01. The minimum absolute atomic E-state index is 0.459. The zero-order chi connectivity index (χ0) is 12.4. The molecule has 2 nitrogen and oxygen atoms in total. The van der Waals surface area contributed by atoms with Crippen LogP contribution in [0.3, 0.4) is 0 Å². The number of nitrogen functional groups attached to an aromatic ring is 1. The second-order valence-corrected chi connectivity index (χ2v) is 5.06. The molecule has 0 atom stereocenters. The molecule has 0 aromatic heterocycles. The Kier molecular flexibility index (Phi) is 3.82. The Bertz CT molecular complexity index is 511. The normalized spacial score (nSPS) is 10.3. The van der Waals surface area contributed by atoms with Gasteiger partial charge in [-0.3, -0.25) is 0 Å². The van der Waals surface area contributed by atoms with Gasteiger partial charge in [0.05, 0.1) is 9.50 Å². The molecule has 0 fully saturated rings. The quantitative estimate of drug-likeness (QED) is 0.773. The molecule has 0 aliphatic heterocycles. The summed E-state index contributed by atoms with van der Waals surface area (Å²) in [6.45, 7) is 0. The van der Waals surface area contributed by atoms with Crippen molar-refractivity contribution in [2.45, 2.75) is 0 Å². The standard InChI is InChI=1S/C12H8BrCl2NO/c13-9-6-8(16)2-4-11(9)17-12-3-1-7(14)5-10(12)15/h1-6H,16H2. The lowest BCUT2D eigenvalue weighted by Gasteiger charge is -2.09. The largest absolute Gasteiger partial charge is 0.455 e. The molecule has 2 aromatic rings. The summed E-state index contributed by atoms with van der Waals surface area (Å²) < 4.78 is 6.42. The van der Waals surface area contributed by atoms with Crippen molar-refractivity contribution in [3.8, 4) is 11.5 Å². The van der Waals surface area contributed by atoms with E-state index in [4.69, 9.17) is 33.7 Å². The summed E-state index contributed by atoms with van der Waals surface area (Å²) in [5.41, 5.74) is 6.30. The summed E-state index contributed by atoms with van der Waals surface area (Å²) in [5.74, 6) is 1.19. The van der Waals surface area contributed by atoms with Gasteiger partial charge in [-0.05, 0) is 52.3 Å². The maximum absolute atomic E-state index is 6.01. The van der Waals surface area contributed by atoms with Crippen LogP contribution in [0, 0.1) is 0 Å². The van der Waals surface area contributed by atoms with Crippen LogP contribution in [-0.2, 0) is 0 Å². The summed E-state index contributed by atoms with van der Waals surface area (Å²) >= 11 is 15.2. The van der Waals surface area contributed by atoms with E-state index in [0.717, 1.165) is 4.47 Å². The molecule has 0 bridgehead atoms. The highest BCUT2D eigenvalue weighted by Gasteiger charge is 2.07. The Hall–Kier alpha value is -0.900. The first-order valence-corrected chi connectivity index (χ1v) is 6.29. The first-order chi connectivity index (χ1) is 8.06. The van der Waals surface area contributed by atoms with Gasteiger partial charge in [0.2, 0.25) is 0 Å². The highest BCUT2D eigenvalue weighted by atomic mass is 79.9. The Balaban J connectivity index is 2.31. The Morgan fingerprint density at radius 3 is 2.35 bits per heavy atom. The first-order valence-electron chi connectivity index (χ1n) is 4.74. The highest BCUT2D eigenvalue weighted by Crippen LogP contribution is 2.35. The van der Waals surface area contributed by atoms with Crippen molar-refractivity contribution in [3.63, 3.8) is 0 Å². The number of hydrogen-bond donors (Lipinski definition) is 1. The van der Waals surface area contributed by atoms with Crippen molar-refractivity contribution in [1.29, 1.82) is 0 Å². The summed E-state index contributed by atoms with van der Waals surface area (Å²) in [6, 6.07) is 10.3. The smallest absolute Gasteiger partial charge is 0.146 e. The minimum atomic E-state index is 0.459. The van der Waals surface area contributed by atoms with E-state index in [2.05, 4.69) is 15.9 Å². The van der Waals surface area contributed by atoms with E-state index >= 15 is 0 Å². The molecule has 2 rings (SSSR count). The van der Waals surface area contributed by atoms with Gasteiger partial charge in [0.15, 0.2) is 0 Å². The second-order valence-electron chi connectivity index (χ2n) is 3.37. The van der Waals surface area contributed by atoms with Crippen LogP contribution >= 0.6 is 39.1 Å². The fourth-order valence-electron chi connectivity index (χ4n) is 1.28. The van der Waals surface area contributed by atoms with Crippen LogP contribution in [-0.4, -0.2) is 0 Å². The highest BCUT2D eigenvalue weighted by molar-refractivity contribution is 9.10. The number of halogens is 3. The van der Waals surface area contributed by atoms with E-state index in [9.17, 15) is 0 Å². The molecule has 0 amide bonds. The van der Waals surface area contributed by atoms with Crippen LogP contribution in [0.4, 0.5) is 5.69 Å². The summed E-state index contributed by atoms with van der Waals surface area (Å²) in [7, 11) is 0. The molecule has 2 N–H and O–H groups in total. The summed E-state index contributed by atoms with van der Waals surface area (Å²) in [6.07, 6.45) is 0. The van der Waals surface area contributed by atoms with E-state index in [1.54, 1.807) is 36.4 Å². The molecule has 0 saturated heterocycles. The number of nitrogens with two attached hydrogens (primary N) is 1. The van der Waals surface area contributed by atoms with E-state index in [1.807, 2.05) is 0 Å². The molecule has 0 unspecified atom stereocenters. The van der Waals surface area contributed by atoms with Crippen molar-refractivity contribution in [2.24, 2.45) is 0 Å². The molecular weight excluding hydrogens is 325 g/mol. The van der Waals surface area contributed by atoms with E-state index in [0.29, 0.717) is 27.2 Å². The molecule has 0 radical (unpaired) electrons. The maximum Gasteiger partial charge on any atom is 0.146 e. The third kappa shape index (κ3) is 3.06. The number of ether oxygens (including phenoxy) is 1. The topological polar surface area (TPSA) is 35.2 Å². The van der Waals surface area contributed by atoms with Gasteiger partial charge in [0, 0.05) is 10.7 Å². The monoisotopic (exact) mass is 331 g/mol. The van der Waals surface area contributed by atoms with Gasteiger partial charge < -0.3 is 10.5 Å². The molecule has 0 spiro atoms. The van der Waals surface area contributed by atoms with Gasteiger partial charge in [-0.1, -0.05) is 23.2 Å². The van der Waals surface area contributed by atoms with Crippen LogP contribution in [0.5, 0.6) is 11.5 Å². The lowest BCUT2D eigenvalue weighted by Crippen LogP contribution is -1.89. The number of anilines is 1. The molecule has 0 saturated carbocycles. The van der Waals surface area contributed by atoms with E-state index in [-0.39, 0.29) is 0 Å². The van der Waals surface area contributed by atoms with Crippen LogP contribution in [0.2, 0.25) is 10.0 Å². The van der Waals surface area contributed by atoms with Crippen LogP contribution < -0.4 is 10.5 Å². The van der Waals surface area contributed by atoms with Crippen molar-refractivity contribution in [1.82, 2.24) is 0 Å². The molecule has 0 heterocycles.